The number of nitrogens with zero attached hydrogens (tertiary/aromatic N) is 2. The van der Waals surface area contributed by atoms with E-state index in [0.29, 0.717) is 0 Å². The molecule has 0 unspecified atom stereocenters. The highest BCUT2D eigenvalue weighted by atomic mass is 19.1. The van der Waals surface area contributed by atoms with Crippen molar-refractivity contribution in [3.05, 3.63) is 194 Å². The molecule has 8 aromatic carbocycles. The summed E-state index contributed by atoms with van der Waals surface area (Å²) in [6, 6.07) is 65.6. The second kappa shape index (κ2) is 11.7. The zero-order valence-corrected chi connectivity index (χ0v) is 27.7. The summed E-state index contributed by atoms with van der Waals surface area (Å²) >= 11 is 0. The summed E-state index contributed by atoms with van der Waals surface area (Å²) in [6.07, 6.45) is 0. The highest BCUT2D eigenvalue weighted by Gasteiger charge is 2.18. The Hall–Kier alpha value is -6.71. The monoisotopic (exact) mass is 654 g/mol. The fourth-order valence-corrected chi connectivity index (χ4v) is 7.84. The predicted octanol–water partition coefficient (Wildman–Crippen LogP) is 13.0. The lowest BCUT2D eigenvalue weighted by molar-refractivity contribution is 0.628. The van der Waals surface area contributed by atoms with Crippen LogP contribution in [-0.2, 0) is 0 Å². The second-order valence-electron chi connectivity index (χ2n) is 13.1. The number of fused-ring (bicyclic) bond motifs is 6. The highest BCUT2D eigenvalue weighted by Crippen LogP contribution is 2.41. The van der Waals surface area contributed by atoms with Crippen LogP contribution in [0.1, 0.15) is 0 Å². The average Bonchev–Trinajstić information content (AvgIpc) is 3.71. The van der Waals surface area contributed by atoms with Crippen LogP contribution in [0.3, 0.4) is 0 Å². The molecule has 0 atom stereocenters. The summed E-state index contributed by atoms with van der Waals surface area (Å²) in [7, 11) is 0. The minimum absolute atomic E-state index is 0.226. The number of para-hydroxylation sites is 2. The third-order valence-corrected chi connectivity index (χ3v) is 10.2. The Balaban J connectivity index is 1.15. The van der Waals surface area contributed by atoms with E-state index in [0.717, 1.165) is 33.5 Å². The number of halogens is 1. The molecule has 2 nitrogen and oxygen atoms in total. The quantitative estimate of drug-likeness (QED) is 0.175. The lowest BCUT2D eigenvalue weighted by Crippen LogP contribution is -1.94. The minimum atomic E-state index is -0.226. The topological polar surface area (TPSA) is 9.86 Å². The summed E-state index contributed by atoms with van der Waals surface area (Å²) in [5.74, 6) is -0.226. The summed E-state index contributed by atoms with van der Waals surface area (Å²) in [4.78, 5) is 0. The van der Waals surface area contributed by atoms with Gasteiger partial charge in [-0.3, -0.25) is 0 Å². The van der Waals surface area contributed by atoms with Gasteiger partial charge in [0.25, 0.3) is 0 Å². The molecule has 0 saturated heterocycles. The van der Waals surface area contributed by atoms with E-state index >= 15 is 0 Å². The Morgan fingerprint density at radius 3 is 1.55 bits per heavy atom. The molecule has 0 spiro atoms. The predicted molar refractivity (Wildman–Crippen MR) is 211 cm³/mol. The number of hydrogen-bond acceptors (Lipinski definition) is 0. The molecule has 51 heavy (non-hydrogen) atoms. The number of hydrogen-bond donors (Lipinski definition) is 0. The molecule has 10 aromatic rings. The molecule has 0 aliphatic heterocycles. The van der Waals surface area contributed by atoms with Gasteiger partial charge in [-0.05, 0) is 106 Å². The van der Waals surface area contributed by atoms with Gasteiger partial charge in [0.05, 0.1) is 22.1 Å². The molecule has 2 heterocycles. The van der Waals surface area contributed by atoms with E-state index in [1.807, 2.05) is 12.1 Å². The van der Waals surface area contributed by atoms with Gasteiger partial charge in [-0.1, -0.05) is 115 Å². The normalized spacial score (nSPS) is 11.6. The molecule has 2 aromatic heterocycles. The number of benzene rings is 8. The van der Waals surface area contributed by atoms with E-state index in [4.69, 9.17) is 0 Å². The Kier molecular flexibility index (Phi) is 6.71. The standard InChI is InChI=1S/C48H31FN2/c49-37-24-18-32(19-25-37)33-20-26-39(27-21-33)50-44-16-8-7-14-41(44)42-30-35(22-28-45(42)50)36-23-29-46-43(31-36)48-40(34-10-3-1-4-11-34)15-9-17-47(48)51(46)38-12-5-2-6-13-38/h1-31H. The zero-order chi connectivity index (χ0) is 33.9. The molecule has 0 radical (unpaired) electrons. The maximum Gasteiger partial charge on any atom is 0.123 e. The van der Waals surface area contributed by atoms with E-state index < -0.39 is 0 Å². The highest BCUT2D eigenvalue weighted by molar-refractivity contribution is 6.17. The lowest BCUT2D eigenvalue weighted by Gasteiger charge is -2.10. The molecule has 0 aliphatic carbocycles. The van der Waals surface area contributed by atoms with Gasteiger partial charge in [0, 0.05) is 32.9 Å². The summed E-state index contributed by atoms with van der Waals surface area (Å²) in [6.45, 7) is 0. The first-order valence-electron chi connectivity index (χ1n) is 17.3. The molecular formula is C48H31FN2. The maximum atomic E-state index is 13.6. The number of aromatic nitrogens is 2. The van der Waals surface area contributed by atoms with Gasteiger partial charge in [-0.15, -0.1) is 0 Å². The lowest BCUT2D eigenvalue weighted by atomic mass is 9.97. The molecule has 0 saturated carbocycles. The summed E-state index contributed by atoms with van der Waals surface area (Å²) in [5.41, 5.74) is 13.8. The van der Waals surface area contributed by atoms with Crippen LogP contribution in [0.5, 0.6) is 0 Å². The summed E-state index contributed by atoms with van der Waals surface area (Å²) < 4.78 is 18.3. The SMILES string of the molecule is Fc1ccc(-c2ccc(-n3c4ccccc4c4cc(-c5ccc6c(c5)c5c(-c7ccccc7)cccc5n6-c5ccccc5)ccc43)cc2)cc1. The van der Waals surface area contributed by atoms with Crippen LogP contribution >= 0.6 is 0 Å². The molecule has 0 N–H and O–H groups in total. The molecule has 0 amide bonds. The zero-order valence-electron chi connectivity index (χ0n) is 27.7. The van der Waals surface area contributed by atoms with Gasteiger partial charge in [-0.25, -0.2) is 4.39 Å². The van der Waals surface area contributed by atoms with E-state index in [1.165, 1.54) is 67.0 Å². The van der Waals surface area contributed by atoms with Crippen molar-refractivity contribution in [3.63, 3.8) is 0 Å². The Morgan fingerprint density at radius 2 is 0.824 bits per heavy atom. The largest absolute Gasteiger partial charge is 0.309 e. The van der Waals surface area contributed by atoms with Crippen molar-refractivity contribution in [2.24, 2.45) is 0 Å². The Labute approximate surface area is 294 Å². The fraction of sp³-hybridized carbons (Fsp3) is 0. The minimum Gasteiger partial charge on any atom is -0.309 e. The Morgan fingerprint density at radius 1 is 0.314 bits per heavy atom. The van der Waals surface area contributed by atoms with Gasteiger partial charge in [0.15, 0.2) is 0 Å². The first kappa shape index (κ1) is 29.2. The second-order valence-corrected chi connectivity index (χ2v) is 13.1. The molecule has 240 valence electrons. The van der Waals surface area contributed by atoms with Gasteiger partial charge in [-0.2, -0.15) is 0 Å². The van der Waals surface area contributed by atoms with Crippen LogP contribution in [0, 0.1) is 5.82 Å². The third kappa shape index (κ3) is 4.78. The fourth-order valence-electron chi connectivity index (χ4n) is 7.84. The molecule has 0 fully saturated rings. The van der Waals surface area contributed by atoms with Crippen molar-refractivity contribution in [1.82, 2.24) is 9.13 Å². The molecule has 3 heteroatoms. The van der Waals surface area contributed by atoms with Crippen molar-refractivity contribution >= 4 is 43.6 Å². The van der Waals surface area contributed by atoms with E-state index in [1.54, 1.807) is 0 Å². The summed E-state index contributed by atoms with van der Waals surface area (Å²) in [5, 5.41) is 4.91. The van der Waals surface area contributed by atoms with Crippen molar-refractivity contribution < 1.29 is 4.39 Å². The van der Waals surface area contributed by atoms with Crippen LogP contribution in [0.15, 0.2) is 188 Å². The number of rotatable bonds is 5. The molecule has 10 rings (SSSR count). The third-order valence-electron chi connectivity index (χ3n) is 10.2. The van der Waals surface area contributed by atoms with E-state index in [-0.39, 0.29) is 5.82 Å². The molecule has 0 aliphatic rings. The van der Waals surface area contributed by atoms with Crippen molar-refractivity contribution in [1.29, 1.82) is 0 Å². The Bertz CT molecular complexity index is 2880. The average molecular weight is 655 g/mol. The van der Waals surface area contributed by atoms with Gasteiger partial charge in [0.1, 0.15) is 5.82 Å². The van der Waals surface area contributed by atoms with Crippen molar-refractivity contribution in [3.8, 4) is 44.8 Å². The maximum absolute atomic E-state index is 13.6. The van der Waals surface area contributed by atoms with Crippen LogP contribution in [0.25, 0.3) is 88.4 Å². The van der Waals surface area contributed by atoms with Crippen molar-refractivity contribution in [2.75, 3.05) is 0 Å². The van der Waals surface area contributed by atoms with Gasteiger partial charge < -0.3 is 9.13 Å². The van der Waals surface area contributed by atoms with Crippen molar-refractivity contribution in [2.45, 2.75) is 0 Å². The van der Waals surface area contributed by atoms with E-state index in [2.05, 4.69) is 173 Å². The first-order chi connectivity index (χ1) is 25.2. The van der Waals surface area contributed by atoms with Gasteiger partial charge >= 0.3 is 0 Å². The van der Waals surface area contributed by atoms with Crippen LogP contribution in [-0.4, -0.2) is 9.13 Å². The van der Waals surface area contributed by atoms with Crippen LogP contribution in [0.4, 0.5) is 4.39 Å². The van der Waals surface area contributed by atoms with E-state index in [9.17, 15) is 4.39 Å². The smallest absolute Gasteiger partial charge is 0.123 e. The molecular weight excluding hydrogens is 624 g/mol. The van der Waals surface area contributed by atoms with Crippen LogP contribution in [0.2, 0.25) is 0 Å². The van der Waals surface area contributed by atoms with Gasteiger partial charge in [0.2, 0.25) is 0 Å². The van der Waals surface area contributed by atoms with Crippen LogP contribution < -0.4 is 0 Å². The molecule has 0 bridgehead atoms. The first-order valence-corrected chi connectivity index (χ1v) is 17.3.